The van der Waals surface area contributed by atoms with Crippen molar-refractivity contribution in [1.29, 1.82) is 0 Å². The Bertz CT molecular complexity index is 483. The first-order valence-electron chi connectivity index (χ1n) is 7.94. The molecule has 1 amide bonds. The third-order valence-electron chi connectivity index (χ3n) is 4.11. The van der Waals surface area contributed by atoms with Gasteiger partial charge in [0.05, 0.1) is 14.2 Å². The number of rotatable bonds is 6. The predicted molar refractivity (Wildman–Crippen MR) is 86.5 cm³/mol. The van der Waals surface area contributed by atoms with Crippen molar-refractivity contribution >= 4 is 5.91 Å². The second-order valence-electron chi connectivity index (χ2n) is 5.61. The fourth-order valence-corrected chi connectivity index (χ4v) is 2.79. The topological polar surface area (TPSA) is 59.6 Å². The number of carbonyl (C=O) groups excluding carboxylic acids is 1. The van der Waals surface area contributed by atoms with Gasteiger partial charge in [-0.25, -0.2) is 0 Å². The zero-order valence-electron chi connectivity index (χ0n) is 13.5. The molecule has 2 N–H and O–H groups in total. The fourth-order valence-electron chi connectivity index (χ4n) is 2.79. The zero-order chi connectivity index (χ0) is 15.8. The van der Waals surface area contributed by atoms with Gasteiger partial charge in [0.25, 0.3) is 0 Å². The Labute approximate surface area is 132 Å². The summed E-state index contributed by atoms with van der Waals surface area (Å²) in [6.45, 7) is 2.61. The van der Waals surface area contributed by atoms with Crippen molar-refractivity contribution in [2.75, 3.05) is 33.9 Å². The van der Waals surface area contributed by atoms with Crippen molar-refractivity contribution < 1.29 is 14.3 Å². The van der Waals surface area contributed by atoms with Crippen LogP contribution in [0.15, 0.2) is 18.2 Å². The molecule has 1 aromatic carbocycles. The molecular weight excluding hydrogens is 280 g/mol. The quantitative estimate of drug-likeness (QED) is 0.841. The molecule has 5 nitrogen and oxygen atoms in total. The second kappa shape index (κ2) is 8.63. The normalized spacial score (nSPS) is 18.4. The van der Waals surface area contributed by atoms with Crippen molar-refractivity contribution in [3.8, 4) is 11.5 Å². The van der Waals surface area contributed by atoms with E-state index in [1.54, 1.807) is 14.2 Å². The van der Waals surface area contributed by atoms with Crippen LogP contribution in [0.25, 0.3) is 0 Å². The highest BCUT2D eigenvalue weighted by atomic mass is 16.5. The van der Waals surface area contributed by atoms with E-state index in [1.807, 2.05) is 18.2 Å². The number of amides is 1. The van der Waals surface area contributed by atoms with Crippen LogP contribution in [0.5, 0.6) is 11.5 Å². The summed E-state index contributed by atoms with van der Waals surface area (Å²) < 4.78 is 10.5. The largest absolute Gasteiger partial charge is 0.493 e. The molecule has 1 fully saturated rings. The predicted octanol–water partition coefficient (Wildman–Crippen LogP) is 1.75. The fraction of sp³-hybridized carbons (Fsp3) is 0.588. The van der Waals surface area contributed by atoms with E-state index in [0.717, 1.165) is 55.8 Å². The number of hydrogen-bond acceptors (Lipinski definition) is 4. The second-order valence-corrected chi connectivity index (χ2v) is 5.61. The molecule has 1 aromatic rings. The molecule has 22 heavy (non-hydrogen) atoms. The van der Waals surface area contributed by atoms with E-state index < -0.39 is 0 Å². The lowest BCUT2D eigenvalue weighted by Crippen LogP contribution is -2.32. The lowest BCUT2D eigenvalue weighted by atomic mass is 10.00. The van der Waals surface area contributed by atoms with Gasteiger partial charge in [-0.05, 0) is 56.5 Å². The van der Waals surface area contributed by atoms with Crippen LogP contribution in [0.4, 0.5) is 0 Å². The summed E-state index contributed by atoms with van der Waals surface area (Å²) in [6, 6.07) is 5.86. The van der Waals surface area contributed by atoms with Crippen LogP contribution in [-0.2, 0) is 11.2 Å². The molecule has 1 unspecified atom stereocenters. The Kier molecular flexibility index (Phi) is 6.52. The van der Waals surface area contributed by atoms with E-state index in [2.05, 4.69) is 10.6 Å². The molecule has 0 saturated carbocycles. The molecule has 1 atom stereocenters. The first kappa shape index (κ1) is 16.6. The van der Waals surface area contributed by atoms with Gasteiger partial charge < -0.3 is 20.1 Å². The van der Waals surface area contributed by atoms with Gasteiger partial charge >= 0.3 is 0 Å². The molecule has 5 heteroatoms. The minimum atomic E-state index is 0.153. The molecule has 122 valence electrons. The highest BCUT2D eigenvalue weighted by molar-refractivity contribution is 5.78. The van der Waals surface area contributed by atoms with E-state index in [4.69, 9.17) is 9.47 Å². The Balaban J connectivity index is 1.81. The molecular formula is C17H26N2O3. The highest BCUT2D eigenvalue weighted by Crippen LogP contribution is 2.27. The van der Waals surface area contributed by atoms with Crippen molar-refractivity contribution in [1.82, 2.24) is 10.6 Å². The monoisotopic (exact) mass is 306 g/mol. The van der Waals surface area contributed by atoms with Gasteiger partial charge in [0, 0.05) is 12.5 Å². The maximum absolute atomic E-state index is 12.2. The summed E-state index contributed by atoms with van der Waals surface area (Å²) >= 11 is 0. The lowest BCUT2D eigenvalue weighted by Gasteiger charge is -2.14. The summed E-state index contributed by atoms with van der Waals surface area (Å²) in [6.07, 6.45) is 3.78. The molecule has 0 aliphatic carbocycles. The summed E-state index contributed by atoms with van der Waals surface area (Å²) in [5.41, 5.74) is 1.13. The first-order chi connectivity index (χ1) is 10.7. The molecule has 1 heterocycles. The van der Waals surface area contributed by atoms with Crippen molar-refractivity contribution in [2.45, 2.75) is 25.7 Å². The number of ether oxygens (including phenoxy) is 2. The SMILES string of the molecule is COc1ccc(CCNC(=O)C2CCCNCC2)cc1OC. The minimum absolute atomic E-state index is 0.153. The summed E-state index contributed by atoms with van der Waals surface area (Å²) in [5.74, 6) is 1.78. The minimum Gasteiger partial charge on any atom is -0.493 e. The molecule has 1 saturated heterocycles. The third kappa shape index (κ3) is 4.63. The molecule has 0 bridgehead atoms. The van der Waals surface area contributed by atoms with Gasteiger partial charge in [0.1, 0.15) is 0 Å². The summed E-state index contributed by atoms with van der Waals surface area (Å²) in [4.78, 5) is 12.2. The zero-order valence-corrected chi connectivity index (χ0v) is 13.5. The van der Waals surface area contributed by atoms with E-state index in [1.165, 1.54) is 0 Å². The molecule has 2 rings (SSSR count). The van der Waals surface area contributed by atoms with Crippen LogP contribution < -0.4 is 20.1 Å². The van der Waals surface area contributed by atoms with E-state index >= 15 is 0 Å². The summed E-state index contributed by atoms with van der Waals surface area (Å²) in [7, 11) is 3.25. The summed E-state index contributed by atoms with van der Waals surface area (Å²) in [5, 5.41) is 6.39. The highest BCUT2D eigenvalue weighted by Gasteiger charge is 2.19. The number of methoxy groups -OCH3 is 2. The average molecular weight is 306 g/mol. The number of hydrogen-bond donors (Lipinski definition) is 2. The maximum Gasteiger partial charge on any atom is 0.223 e. The lowest BCUT2D eigenvalue weighted by molar-refractivity contribution is -0.125. The maximum atomic E-state index is 12.2. The van der Waals surface area contributed by atoms with Gasteiger partial charge in [-0.3, -0.25) is 4.79 Å². The van der Waals surface area contributed by atoms with E-state index in [-0.39, 0.29) is 11.8 Å². The Morgan fingerprint density at radius 2 is 2.05 bits per heavy atom. The Morgan fingerprint density at radius 1 is 1.23 bits per heavy atom. The van der Waals surface area contributed by atoms with Crippen LogP contribution in [-0.4, -0.2) is 39.8 Å². The Morgan fingerprint density at radius 3 is 2.82 bits per heavy atom. The van der Waals surface area contributed by atoms with Gasteiger partial charge in [0.2, 0.25) is 5.91 Å². The number of nitrogens with one attached hydrogen (secondary N) is 2. The molecule has 1 aliphatic rings. The third-order valence-corrected chi connectivity index (χ3v) is 4.11. The average Bonchev–Trinajstić information content (AvgIpc) is 2.83. The van der Waals surface area contributed by atoms with Crippen LogP contribution >= 0.6 is 0 Å². The first-order valence-corrected chi connectivity index (χ1v) is 7.94. The van der Waals surface area contributed by atoms with Crippen LogP contribution in [0.3, 0.4) is 0 Å². The van der Waals surface area contributed by atoms with Gasteiger partial charge in [-0.15, -0.1) is 0 Å². The Hall–Kier alpha value is -1.75. The smallest absolute Gasteiger partial charge is 0.223 e. The molecule has 1 aliphatic heterocycles. The van der Waals surface area contributed by atoms with Crippen LogP contribution in [0, 0.1) is 5.92 Å². The van der Waals surface area contributed by atoms with E-state index in [0.29, 0.717) is 6.54 Å². The van der Waals surface area contributed by atoms with Crippen molar-refractivity contribution in [3.63, 3.8) is 0 Å². The van der Waals surface area contributed by atoms with Crippen LogP contribution in [0.1, 0.15) is 24.8 Å². The number of carbonyl (C=O) groups is 1. The van der Waals surface area contributed by atoms with Gasteiger partial charge in [-0.2, -0.15) is 0 Å². The molecule has 0 spiro atoms. The van der Waals surface area contributed by atoms with Gasteiger partial charge in [-0.1, -0.05) is 6.07 Å². The number of benzene rings is 1. The molecule has 0 aromatic heterocycles. The van der Waals surface area contributed by atoms with Crippen LogP contribution in [0.2, 0.25) is 0 Å². The standard InChI is InChI=1S/C17H26N2O3/c1-21-15-6-5-13(12-16(15)22-2)7-11-19-17(20)14-4-3-9-18-10-8-14/h5-6,12,14,18H,3-4,7-11H2,1-2H3,(H,19,20). The van der Waals surface area contributed by atoms with Crippen molar-refractivity contribution in [2.24, 2.45) is 5.92 Å². The van der Waals surface area contributed by atoms with Gasteiger partial charge in [0.15, 0.2) is 11.5 Å². The van der Waals surface area contributed by atoms with Crippen molar-refractivity contribution in [3.05, 3.63) is 23.8 Å². The van der Waals surface area contributed by atoms with E-state index in [9.17, 15) is 4.79 Å². The molecule has 0 radical (unpaired) electrons.